The Morgan fingerprint density at radius 1 is 0.356 bits per heavy atom. The van der Waals surface area contributed by atoms with Crippen molar-refractivity contribution >= 4 is 43.5 Å². The molecule has 9 rings (SSSR count). The highest BCUT2D eigenvalue weighted by atomic mass is 16.3. The third kappa shape index (κ3) is 4.17. The predicted octanol–water partition coefficient (Wildman–Crippen LogP) is 12.6. The van der Waals surface area contributed by atoms with Gasteiger partial charge >= 0.3 is 0 Å². The molecule has 0 spiro atoms. The molecule has 0 aliphatic carbocycles. The van der Waals surface area contributed by atoms with Crippen LogP contribution >= 0.6 is 0 Å². The van der Waals surface area contributed by atoms with Crippen LogP contribution in [0.3, 0.4) is 0 Å². The summed E-state index contributed by atoms with van der Waals surface area (Å²) in [6.45, 7) is 0. The van der Waals surface area contributed by atoms with Crippen LogP contribution in [0.25, 0.3) is 88.0 Å². The smallest absolute Gasteiger partial charge is 0.136 e. The molecule has 0 saturated heterocycles. The minimum atomic E-state index is -0.541. The van der Waals surface area contributed by atoms with Crippen LogP contribution in [-0.2, 0) is 0 Å². The third-order valence-corrected chi connectivity index (χ3v) is 8.21. The van der Waals surface area contributed by atoms with Crippen molar-refractivity contribution in [3.8, 4) is 44.5 Å². The standard InChI is InChI=1S/C44H28O/c1-3-13-29(14-4-1)30-23-25-32(26-24-30)43-34-18-7-9-20-36(34)44(37-21-10-8-19-35(37)43)40-27-39-33-17-11-12-22-41(33)45-42(39)28-38(40)31-15-5-2-6-16-31/h1-28H/i1D,3D,4D,7D,8D,9D,10D,13D,14D,18D,19D,20D,21D. The highest BCUT2D eigenvalue weighted by Gasteiger charge is 2.21. The van der Waals surface area contributed by atoms with Crippen LogP contribution in [0.1, 0.15) is 17.8 Å². The summed E-state index contributed by atoms with van der Waals surface area (Å²) in [5.74, 6) is 0. The minimum absolute atomic E-state index is 0.0187. The second kappa shape index (κ2) is 10.4. The normalized spacial score (nSPS) is 15.6. The first-order valence-electron chi connectivity index (χ1n) is 20.9. The molecule has 0 amide bonds. The fraction of sp³-hybridized carbons (Fsp3) is 0. The molecule has 0 unspecified atom stereocenters. The van der Waals surface area contributed by atoms with Gasteiger partial charge in [-0.05, 0) is 84.3 Å². The van der Waals surface area contributed by atoms with Gasteiger partial charge in [-0.25, -0.2) is 0 Å². The molecule has 0 fully saturated rings. The Morgan fingerprint density at radius 3 is 1.62 bits per heavy atom. The lowest BCUT2D eigenvalue weighted by atomic mass is 9.83. The summed E-state index contributed by atoms with van der Waals surface area (Å²) in [6, 6.07) is 20.5. The molecule has 0 N–H and O–H groups in total. The van der Waals surface area contributed by atoms with Crippen LogP contribution in [0.2, 0.25) is 0 Å². The molecule has 0 aliphatic heterocycles. The van der Waals surface area contributed by atoms with Gasteiger partial charge in [0.1, 0.15) is 11.2 Å². The van der Waals surface area contributed by atoms with Crippen molar-refractivity contribution in [3.05, 3.63) is 170 Å². The van der Waals surface area contributed by atoms with Gasteiger partial charge in [-0.15, -0.1) is 0 Å². The van der Waals surface area contributed by atoms with Crippen LogP contribution in [0.15, 0.2) is 174 Å². The Bertz CT molecular complexity index is 3140. The fourth-order valence-corrected chi connectivity index (χ4v) is 6.22. The molecule has 9 aromatic rings. The Morgan fingerprint density at radius 2 is 0.933 bits per heavy atom. The largest absolute Gasteiger partial charge is 0.456 e. The van der Waals surface area contributed by atoms with E-state index in [-0.39, 0.29) is 43.8 Å². The highest BCUT2D eigenvalue weighted by molar-refractivity contribution is 6.23. The van der Waals surface area contributed by atoms with Gasteiger partial charge in [-0.2, -0.15) is 0 Å². The molecular weight excluding hydrogens is 544 g/mol. The molecule has 0 aliphatic rings. The first kappa shape index (κ1) is 15.7. The summed E-state index contributed by atoms with van der Waals surface area (Å²) in [5.41, 5.74) is 3.83. The van der Waals surface area contributed by atoms with Crippen LogP contribution in [0.4, 0.5) is 0 Å². The minimum Gasteiger partial charge on any atom is -0.456 e. The van der Waals surface area contributed by atoms with E-state index >= 15 is 0 Å². The van der Waals surface area contributed by atoms with E-state index in [0.717, 1.165) is 10.9 Å². The van der Waals surface area contributed by atoms with Crippen molar-refractivity contribution in [1.82, 2.24) is 0 Å². The first-order chi connectivity index (χ1) is 27.7. The summed E-state index contributed by atoms with van der Waals surface area (Å²) in [6.07, 6.45) is 0. The molecule has 0 radical (unpaired) electrons. The van der Waals surface area contributed by atoms with Gasteiger partial charge in [0.15, 0.2) is 0 Å². The molecule has 0 bridgehead atoms. The number of rotatable bonds is 4. The topological polar surface area (TPSA) is 13.1 Å². The van der Waals surface area contributed by atoms with Crippen molar-refractivity contribution in [3.63, 3.8) is 0 Å². The van der Waals surface area contributed by atoms with Gasteiger partial charge in [0.25, 0.3) is 0 Å². The van der Waals surface area contributed by atoms with Gasteiger partial charge in [0.2, 0.25) is 0 Å². The third-order valence-electron chi connectivity index (χ3n) is 8.21. The quantitative estimate of drug-likeness (QED) is 0.187. The van der Waals surface area contributed by atoms with Gasteiger partial charge in [0, 0.05) is 10.8 Å². The summed E-state index contributed by atoms with van der Waals surface area (Å²) in [7, 11) is 0. The van der Waals surface area contributed by atoms with Gasteiger partial charge in [-0.1, -0.05) is 151 Å². The number of hydrogen-bond acceptors (Lipinski definition) is 1. The fourth-order valence-electron chi connectivity index (χ4n) is 6.22. The highest BCUT2D eigenvalue weighted by Crippen LogP contribution is 2.48. The molecule has 1 aromatic heterocycles. The van der Waals surface area contributed by atoms with Crippen molar-refractivity contribution < 1.29 is 22.2 Å². The number of benzene rings is 8. The average molecular weight is 586 g/mol. The van der Waals surface area contributed by atoms with E-state index in [9.17, 15) is 5.48 Å². The van der Waals surface area contributed by atoms with E-state index < -0.39 is 78.6 Å². The van der Waals surface area contributed by atoms with Crippen LogP contribution in [0, 0.1) is 0 Å². The number of fused-ring (bicyclic) bond motifs is 5. The molecule has 0 saturated carbocycles. The van der Waals surface area contributed by atoms with Crippen LogP contribution in [0.5, 0.6) is 0 Å². The van der Waals surface area contributed by atoms with E-state index in [1.165, 1.54) is 12.1 Å². The molecule has 45 heavy (non-hydrogen) atoms. The SMILES string of the molecule is [2H]c1c([2H])c([2H])c(-c2ccc(-c3c4c([2H])c([2H])c([2H])c([2H])c4c(-c4cc5c(cc4-c4ccccc4)oc4ccccc45)c4c([2H])c([2H])c([2H])c([2H])c34)cc2)c([2H])c1[2H]. The van der Waals surface area contributed by atoms with E-state index in [0.29, 0.717) is 33.2 Å². The Labute approximate surface area is 279 Å². The summed E-state index contributed by atoms with van der Waals surface area (Å²) in [5, 5.41) is 1.60. The van der Waals surface area contributed by atoms with Crippen LogP contribution in [-0.4, -0.2) is 0 Å². The summed E-state index contributed by atoms with van der Waals surface area (Å²) >= 11 is 0. The zero-order chi connectivity index (χ0) is 41.1. The lowest BCUT2D eigenvalue weighted by Crippen LogP contribution is -1.93. The van der Waals surface area contributed by atoms with Gasteiger partial charge in [0.05, 0.1) is 17.8 Å². The second-order valence-electron chi connectivity index (χ2n) is 10.7. The average Bonchev–Trinajstić information content (AvgIpc) is 3.61. The molecule has 1 heteroatoms. The van der Waals surface area contributed by atoms with Crippen molar-refractivity contribution in [1.29, 1.82) is 0 Å². The second-order valence-corrected chi connectivity index (χ2v) is 10.7. The molecule has 210 valence electrons. The number of hydrogen-bond donors (Lipinski definition) is 0. The Kier molecular flexibility index (Phi) is 3.62. The lowest BCUT2D eigenvalue weighted by molar-refractivity contribution is 0.669. The van der Waals surface area contributed by atoms with Gasteiger partial charge in [-0.3, -0.25) is 0 Å². The molecule has 1 nitrogen and oxygen atoms in total. The monoisotopic (exact) mass is 585 g/mol. The molecule has 1 heterocycles. The van der Waals surface area contributed by atoms with Crippen LogP contribution < -0.4 is 0 Å². The van der Waals surface area contributed by atoms with E-state index in [2.05, 4.69) is 0 Å². The zero-order valence-corrected chi connectivity index (χ0v) is 23.6. The van der Waals surface area contributed by atoms with Crippen molar-refractivity contribution in [2.75, 3.05) is 0 Å². The lowest BCUT2D eigenvalue weighted by Gasteiger charge is -2.20. The summed E-state index contributed by atoms with van der Waals surface area (Å²) < 4.78 is 121. The zero-order valence-electron chi connectivity index (χ0n) is 36.6. The number of furan rings is 1. The van der Waals surface area contributed by atoms with Crippen molar-refractivity contribution in [2.24, 2.45) is 0 Å². The molecule has 0 atom stereocenters. The predicted molar refractivity (Wildman–Crippen MR) is 190 cm³/mol. The maximum Gasteiger partial charge on any atom is 0.136 e. The maximum atomic E-state index is 9.47. The van der Waals surface area contributed by atoms with E-state index in [4.69, 9.17) is 16.8 Å². The summed E-state index contributed by atoms with van der Waals surface area (Å²) in [4.78, 5) is 0. The van der Waals surface area contributed by atoms with E-state index in [1.54, 1.807) is 12.1 Å². The van der Waals surface area contributed by atoms with Gasteiger partial charge < -0.3 is 4.42 Å². The Balaban J connectivity index is 1.49. The molecule has 8 aromatic carbocycles. The van der Waals surface area contributed by atoms with Crippen molar-refractivity contribution in [2.45, 2.75) is 0 Å². The Hall–Kier alpha value is -5.92. The maximum absolute atomic E-state index is 9.47. The number of para-hydroxylation sites is 1. The van der Waals surface area contributed by atoms with E-state index in [1.807, 2.05) is 66.7 Å². The molecular formula is C44H28O. The first-order valence-corrected chi connectivity index (χ1v) is 14.4.